The Kier molecular flexibility index (Phi) is 4.16. The van der Waals surface area contributed by atoms with Crippen molar-refractivity contribution in [2.75, 3.05) is 18.6 Å². The molecule has 0 radical (unpaired) electrons. The minimum atomic E-state index is -3.81. The van der Waals surface area contributed by atoms with E-state index in [9.17, 15) is 16.8 Å². The van der Waals surface area contributed by atoms with E-state index in [-0.39, 0.29) is 28.0 Å². The van der Waals surface area contributed by atoms with Crippen molar-refractivity contribution >= 4 is 31.5 Å². The highest BCUT2D eigenvalue weighted by atomic mass is 35.5. The van der Waals surface area contributed by atoms with E-state index in [4.69, 9.17) is 11.6 Å². The Morgan fingerprint density at radius 3 is 2.65 bits per heavy atom. The Hall–Kier alpha value is -0.640. The summed E-state index contributed by atoms with van der Waals surface area (Å²) in [6.07, 6.45) is 0.311. The molecule has 114 valence electrons. The number of hydrogen-bond donors (Lipinski definition) is 1. The molecule has 0 bridgehead atoms. The van der Waals surface area contributed by atoms with Gasteiger partial charge in [0, 0.05) is 13.1 Å². The van der Waals surface area contributed by atoms with Crippen LogP contribution in [0.25, 0.3) is 0 Å². The van der Waals surface area contributed by atoms with E-state index >= 15 is 0 Å². The second-order valence-electron chi connectivity index (χ2n) is 4.84. The number of sulfonamides is 1. The first-order valence-electron chi connectivity index (χ1n) is 5.97. The van der Waals surface area contributed by atoms with Gasteiger partial charge in [0.05, 0.1) is 28.8 Å². The van der Waals surface area contributed by atoms with E-state index in [1.165, 1.54) is 7.05 Å². The molecule has 1 aliphatic heterocycles. The Labute approximate surface area is 123 Å². The summed E-state index contributed by atoms with van der Waals surface area (Å²) in [6, 6.07) is -0.539. The van der Waals surface area contributed by atoms with E-state index in [1.54, 1.807) is 6.92 Å². The van der Waals surface area contributed by atoms with Gasteiger partial charge < -0.3 is 0 Å². The van der Waals surface area contributed by atoms with Crippen LogP contribution in [0.1, 0.15) is 17.8 Å². The van der Waals surface area contributed by atoms with Crippen LogP contribution in [0.2, 0.25) is 0 Å². The summed E-state index contributed by atoms with van der Waals surface area (Å²) in [4.78, 5) is 0.0410. The minimum absolute atomic E-state index is 0.0181. The number of sulfone groups is 1. The number of aromatic nitrogens is 2. The molecule has 0 aromatic carbocycles. The molecular formula is C10H16ClN3O4S2. The lowest BCUT2D eigenvalue weighted by Crippen LogP contribution is -2.38. The number of hydrogen-bond acceptors (Lipinski definition) is 5. The van der Waals surface area contributed by atoms with Crippen molar-refractivity contribution in [1.29, 1.82) is 0 Å². The van der Waals surface area contributed by atoms with E-state index in [0.29, 0.717) is 12.1 Å². The molecule has 2 heterocycles. The third kappa shape index (κ3) is 2.72. The molecule has 1 aromatic heterocycles. The summed E-state index contributed by atoms with van der Waals surface area (Å²) in [6.45, 7) is 1.59. The Balaban J connectivity index is 2.38. The van der Waals surface area contributed by atoms with Gasteiger partial charge in [0.2, 0.25) is 10.0 Å². The molecule has 1 atom stereocenters. The molecular weight excluding hydrogens is 326 g/mol. The molecule has 1 aliphatic rings. The molecule has 7 nitrogen and oxygen atoms in total. The predicted molar refractivity (Wildman–Crippen MR) is 74.9 cm³/mol. The number of aryl methyl sites for hydroxylation is 1. The van der Waals surface area contributed by atoms with Crippen molar-refractivity contribution in [3.8, 4) is 0 Å². The number of nitrogens with zero attached hydrogens (tertiary/aromatic N) is 2. The maximum absolute atomic E-state index is 12.6. The lowest BCUT2D eigenvalue weighted by molar-refractivity contribution is 0.393. The van der Waals surface area contributed by atoms with Crippen molar-refractivity contribution in [3.05, 3.63) is 11.4 Å². The molecule has 2 rings (SSSR count). The van der Waals surface area contributed by atoms with Crippen LogP contribution in [0, 0.1) is 6.92 Å². The first-order chi connectivity index (χ1) is 9.19. The molecule has 0 amide bonds. The summed E-state index contributed by atoms with van der Waals surface area (Å²) < 4.78 is 49.3. The molecule has 1 fully saturated rings. The molecule has 0 spiro atoms. The highest BCUT2D eigenvalue weighted by Gasteiger charge is 2.38. The average molecular weight is 342 g/mol. The maximum atomic E-state index is 12.6. The van der Waals surface area contributed by atoms with Gasteiger partial charge in [-0.15, -0.1) is 11.6 Å². The number of aromatic amines is 1. The second kappa shape index (κ2) is 5.28. The third-order valence-corrected chi connectivity index (χ3v) is 7.57. The van der Waals surface area contributed by atoms with Gasteiger partial charge in [0.25, 0.3) is 0 Å². The Morgan fingerprint density at radius 2 is 2.15 bits per heavy atom. The normalized spacial score (nSPS) is 22.5. The third-order valence-electron chi connectivity index (χ3n) is 3.45. The number of halogens is 1. The molecule has 0 aliphatic carbocycles. The van der Waals surface area contributed by atoms with Crippen LogP contribution in [0.3, 0.4) is 0 Å². The zero-order valence-corrected chi connectivity index (χ0v) is 13.5. The van der Waals surface area contributed by atoms with Gasteiger partial charge in [0.1, 0.15) is 4.90 Å². The van der Waals surface area contributed by atoms with E-state index in [1.807, 2.05) is 0 Å². The van der Waals surface area contributed by atoms with Crippen molar-refractivity contribution in [3.63, 3.8) is 0 Å². The summed E-state index contributed by atoms with van der Waals surface area (Å²) in [5.41, 5.74) is 0.644. The SMILES string of the molecule is Cc1[nH]nc(CCl)c1S(=O)(=O)N(C)C1CCS(=O)(=O)C1. The monoisotopic (exact) mass is 341 g/mol. The number of rotatable bonds is 4. The van der Waals surface area contributed by atoms with Gasteiger partial charge in [0.15, 0.2) is 9.84 Å². The topological polar surface area (TPSA) is 100 Å². The van der Waals surface area contributed by atoms with Crippen LogP contribution in [0.4, 0.5) is 0 Å². The van der Waals surface area contributed by atoms with Gasteiger partial charge in [-0.05, 0) is 13.3 Å². The van der Waals surface area contributed by atoms with E-state index < -0.39 is 25.9 Å². The zero-order chi connectivity index (χ0) is 15.1. The molecule has 1 N–H and O–H groups in total. The molecule has 1 unspecified atom stereocenters. The molecule has 1 aromatic rings. The highest BCUT2D eigenvalue weighted by molar-refractivity contribution is 7.92. The molecule has 1 saturated heterocycles. The zero-order valence-electron chi connectivity index (χ0n) is 11.1. The van der Waals surface area contributed by atoms with Gasteiger partial charge in [-0.25, -0.2) is 16.8 Å². The van der Waals surface area contributed by atoms with Crippen LogP contribution in [-0.4, -0.2) is 55.9 Å². The molecule has 20 heavy (non-hydrogen) atoms. The largest absolute Gasteiger partial charge is 0.281 e. The molecule has 0 saturated carbocycles. The van der Waals surface area contributed by atoms with E-state index in [2.05, 4.69) is 10.2 Å². The molecule has 10 heteroatoms. The fourth-order valence-corrected chi connectivity index (χ4v) is 6.15. The number of alkyl halides is 1. The summed E-state index contributed by atoms with van der Waals surface area (Å²) >= 11 is 5.70. The van der Waals surface area contributed by atoms with Crippen LogP contribution in [-0.2, 0) is 25.7 Å². The first-order valence-corrected chi connectivity index (χ1v) is 9.77. The number of nitrogens with one attached hydrogen (secondary N) is 1. The average Bonchev–Trinajstić information content (AvgIpc) is 2.91. The summed E-state index contributed by atoms with van der Waals surface area (Å²) in [5, 5.41) is 6.45. The predicted octanol–water partition coefficient (Wildman–Crippen LogP) is 0.265. The highest BCUT2D eigenvalue weighted by Crippen LogP contribution is 2.27. The lowest BCUT2D eigenvalue weighted by atomic mass is 10.3. The number of H-pyrrole nitrogens is 1. The first kappa shape index (κ1) is 15.7. The summed E-state index contributed by atoms with van der Waals surface area (Å²) in [7, 11) is -5.57. The summed E-state index contributed by atoms with van der Waals surface area (Å²) in [5.74, 6) is -0.157. The maximum Gasteiger partial charge on any atom is 0.246 e. The van der Waals surface area contributed by atoms with Crippen molar-refractivity contribution in [1.82, 2.24) is 14.5 Å². The van der Waals surface area contributed by atoms with Gasteiger partial charge in [-0.2, -0.15) is 9.40 Å². The van der Waals surface area contributed by atoms with Gasteiger partial charge >= 0.3 is 0 Å². The lowest BCUT2D eigenvalue weighted by Gasteiger charge is -2.22. The fourth-order valence-electron chi connectivity index (χ4n) is 2.30. The van der Waals surface area contributed by atoms with Crippen LogP contribution in [0.15, 0.2) is 4.90 Å². The standard InChI is InChI=1S/C10H16ClN3O4S2/c1-7-10(9(5-11)13-12-7)20(17,18)14(2)8-3-4-19(15,16)6-8/h8H,3-6H2,1-2H3,(H,12,13). The van der Waals surface area contributed by atoms with Gasteiger partial charge in [-0.1, -0.05) is 0 Å². The van der Waals surface area contributed by atoms with Gasteiger partial charge in [-0.3, -0.25) is 5.10 Å². The van der Waals surface area contributed by atoms with Crippen molar-refractivity contribution < 1.29 is 16.8 Å². The van der Waals surface area contributed by atoms with Crippen LogP contribution >= 0.6 is 11.6 Å². The van der Waals surface area contributed by atoms with Crippen molar-refractivity contribution in [2.24, 2.45) is 0 Å². The quantitative estimate of drug-likeness (QED) is 0.792. The van der Waals surface area contributed by atoms with Crippen molar-refractivity contribution in [2.45, 2.75) is 30.2 Å². The van der Waals surface area contributed by atoms with E-state index in [0.717, 1.165) is 4.31 Å². The van der Waals surface area contributed by atoms with Crippen LogP contribution < -0.4 is 0 Å². The Morgan fingerprint density at radius 1 is 1.50 bits per heavy atom. The van der Waals surface area contributed by atoms with Crippen LogP contribution in [0.5, 0.6) is 0 Å². The Bertz CT molecular complexity index is 711. The fraction of sp³-hybridized carbons (Fsp3) is 0.700. The minimum Gasteiger partial charge on any atom is -0.281 e. The smallest absolute Gasteiger partial charge is 0.246 e. The second-order valence-corrected chi connectivity index (χ2v) is 9.27.